The summed E-state index contributed by atoms with van der Waals surface area (Å²) in [4.78, 5) is 0. The Labute approximate surface area is 175 Å². The molecule has 0 fully saturated rings. The van der Waals surface area contributed by atoms with Gasteiger partial charge >= 0.3 is 7.94 Å². The first-order valence-electron chi connectivity index (χ1n) is 10.3. The summed E-state index contributed by atoms with van der Waals surface area (Å²) >= 11 is 0. The van der Waals surface area contributed by atoms with Crippen molar-refractivity contribution < 1.29 is 21.7 Å². The van der Waals surface area contributed by atoms with Gasteiger partial charge in [-0.1, -0.05) is 40.0 Å². The van der Waals surface area contributed by atoms with Crippen molar-refractivity contribution in [2.45, 2.75) is 66.2 Å². The minimum Gasteiger partial charge on any atom is -0.726 e. The molecule has 0 aromatic rings. The Morgan fingerprint density at radius 3 is 1.25 bits per heavy atom. The van der Waals surface area contributed by atoms with Crippen LogP contribution in [0.2, 0.25) is 0 Å². The Hall–Kier alpha value is 0.140. The Kier molecular flexibility index (Phi) is 18.3. The number of hydrogen-bond donors (Lipinski definition) is 0. The van der Waals surface area contributed by atoms with E-state index in [9.17, 15) is 13.0 Å². The van der Waals surface area contributed by atoms with Crippen LogP contribution in [-0.4, -0.2) is 81.5 Å². The van der Waals surface area contributed by atoms with Crippen LogP contribution in [0.4, 0.5) is 0 Å². The maximum Gasteiger partial charge on any atom is 0.370 e. The van der Waals surface area contributed by atoms with Crippen LogP contribution in [0, 0.1) is 0 Å². The Balaban J connectivity index is 0. The van der Waals surface area contributed by atoms with E-state index < -0.39 is 18.3 Å². The highest BCUT2D eigenvalue weighted by Gasteiger charge is 2.53. The molecule has 0 spiro atoms. The lowest BCUT2D eigenvalue weighted by Gasteiger charge is -2.41. The van der Waals surface area contributed by atoms with Crippen molar-refractivity contribution in [2.24, 2.45) is 0 Å². The van der Waals surface area contributed by atoms with Gasteiger partial charge in [-0.3, -0.25) is 4.18 Å². The lowest BCUT2D eigenvalue weighted by Crippen LogP contribution is -2.42. The van der Waals surface area contributed by atoms with Gasteiger partial charge in [0.05, 0.1) is 13.7 Å². The van der Waals surface area contributed by atoms with E-state index in [1.54, 1.807) is 0 Å². The molecule has 10 heteroatoms. The molecule has 0 bridgehead atoms. The molecule has 0 aliphatic heterocycles. The molecule has 0 radical (unpaired) electrons. The van der Waals surface area contributed by atoms with Gasteiger partial charge in [-0.05, 0) is 26.2 Å². The fraction of sp³-hybridized carbons (Fsp3) is 1.00. The molecule has 8 nitrogen and oxygen atoms in total. The third-order valence-corrected chi connectivity index (χ3v) is 8.63. The maximum absolute atomic E-state index is 9.45. The Morgan fingerprint density at radius 1 is 0.786 bits per heavy atom. The summed E-state index contributed by atoms with van der Waals surface area (Å²) in [6.07, 6.45) is 7.36. The number of nitrogens with zero attached hydrogens (tertiary/aromatic N) is 3. The van der Waals surface area contributed by atoms with Gasteiger partial charge in [0.2, 0.25) is 10.4 Å². The molecule has 0 atom stereocenters. The van der Waals surface area contributed by atoms with Crippen molar-refractivity contribution in [3.8, 4) is 0 Å². The largest absolute Gasteiger partial charge is 0.726 e. The van der Waals surface area contributed by atoms with Crippen LogP contribution in [0.15, 0.2) is 0 Å². The summed E-state index contributed by atoms with van der Waals surface area (Å²) in [6, 6.07) is 0. The first kappa shape index (κ1) is 30.3. The summed E-state index contributed by atoms with van der Waals surface area (Å²) in [5, 5.41) is 0. The molecular weight excluding hydrogens is 401 g/mol. The van der Waals surface area contributed by atoms with Gasteiger partial charge in [0.1, 0.15) is 0 Å². The number of rotatable bonds is 15. The summed E-state index contributed by atoms with van der Waals surface area (Å²) < 4.78 is 45.6. The van der Waals surface area contributed by atoms with Gasteiger partial charge in [-0.15, -0.1) is 14.0 Å². The molecule has 0 aliphatic rings. The van der Waals surface area contributed by atoms with E-state index in [1.807, 2.05) is 7.11 Å². The van der Waals surface area contributed by atoms with E-state index in [0.717, 1.165) is 19.6 Å². The van der Waals surface area contributed by atoms with Crippen molar-refractivity contribution >= 4 is 18.3 Å². The molecule has 0 N–H and O–H groups in total. The van der Waals surface area contributed by atoms with Crippen LogP contribution < -0.4 is 0 Å². The molecule has 0 amide bonds. The molecule has 0 aromatic carbocycles. The first-order chi connectivity index (χ1) is 13.1. The lowest BCUT2D eigenvalue weighted by molar-refractivity contribution is 0.244. The van der Waals surface area contributed by atoms with Gasteiger partial charge in [-0.25, -0.2) is 8.42 Å². The van der Waals surface area contributed by atoms with Crippen LogP contribution in [-0.2, 0) is 19.1 Å². The minimum atomic E-state index is -4.42. The second-order valence-electron chi connectivity index (χ2n) is 6.72. The number of hydrogen-bond acceptors (Lipinski definition) is 8. The molecule has 0 heterocycles. The quantitative estimate of drug-likeness (QED) is 0.212. The average Bonchev–Trinajstić information content (AvgIpc) is 2.63. The smallest absolute Gasteiger partial charge is 0.370 e. The second-order valence-corrected chi connectivity index (χ2v) is 11.2. The zero-order valence-corrected chi connectivity index (χ0v) is 21.0. The van der Waals surface area contributed by atoms with Crippen molar-refractivity contribution in [3.63, 3.8) is 0 Å². The molecule has 172 valence electrons. The van der Waals surface area contributed by atoms with Gasteiger partial charge in [-0.2, -0.15) is 4.52 Å². The third kappa shape index (κ3) is 12.0. The normalized spacial score (nSPS) is 12.6. The molecule has 0 aromatic heterocycles. The molecule has 0 aliphatic carbocycles. The highest BCUT2D eigenvalue weighted by molar-refractivity contribution is 7.80. The van der Waals surface area contributed by atoms with Gasteiger partial charge in [0.15, 0.2) is 0 Å². The van der Waals surface area contributed by atoms with E-state index in [0.29, 0.717) is 0 Å². The fourth-order valence-corrected chi connectivity index (χ4v) is 6.79. The van der Waals surface area contributed by atoms with E-state index in [1.165, 1.54) is 45.4 Å². The summed E-state index contributed by atoms with van der Waals surface area (Å²) in [7, 11) is 2.33. The average molecular weight is 446 g/mol. The van der Waals surface area contributed by atoms with E-state index in [2.05, 4.69) is 60.1 Å². The molecule has 0 saturated heterocycles. The Bertz CT molecular complexity index is 432. The van der Waals surface area contributed by atoms with Gasteiger partial charge in [0.25, 0.3) is 0 Å². The zero-order chi connectivity index (χ0) is 22.2. The molecular formula is C18H44N3O5PS. The number of unbranched alkanes of at least 4 members (excludes halogenated alkanes) is 3. The highest BCUT2D eigenvalue weighted by Crippen LogP contribution is 2.66. The molecule has 0 rings (SSSR count). The third-order valence-electron chi connectivity index (χ3n) is 4.35. The predicted molar refractivity (Wildman–Crippen MR) is 118 cm³/mol. The SMILES string of the molecule is CCCCN(C)[P+](OC)(N(C)CCCC)N(C)CCCC.CCOS(=O)(=O)[O-]. The van der Waals surface area contributed by atoms with E-state index in [4.69, 9.17) is 4.52 Å². The summed E-state index contributed by atoms with van der Waals surface area (Å²) in [6.45, 7) is 11.4. The fourth-order valence-electron chi connectivity index (χ4n) is 2.90. The monoisotopic (exact) mass is 445 g/mol. The van der Waals surface area contributed by atoms with Crippen LogP contribution in [0.25, 0.3) is 0 Å². The van der Waals surface area contributed by atoms with Gasteiger partial charge in [0, 0.05) is 40.8 Å². The van der Waals surface area contributed by atoms with Crippen LogP contribution in [0.1, 0.15) is 66.2 Å². The lowest BCUT2D eigenvalue weighted by atomic mass is 10.3. The van der Waals surface area contributed by atoms with E-state index in [-0.39, 0.29) is 6.61 Å². The zero-order valence-electron chi connectivity index (χ0n) is 19.3. The van der Waals surface area contributed by atoms with Crippen LogP contribution >= 0.6 is 7.94 Å². The highest BCUT2D eigenvalue weighted by atomic mass is 32.3. The standard InChI is InChI=1S/C16H39N3OP.C2H6O4S/c1-8-11-14-17(4)21(20-7,18(5)15-12-9-2)19(6)16-13-10-3;1-2-6-7(3,4)5/h8-16H2,1-7H3;2H2,1H3,(H,3,4,5)/q+1;/p-1. The molecule has 28 heavy (non-hydrogen) atoms. The van der Waals surface area contributed by atoms with Gasteiger partial charge < -0.3 is 4.55 Å². The first-order valence-corrected chi connectivity index (χ1v) is 13.2. The van der Waals surface area contributed by atoms with Crippen LogP contribution in [0.5, 0.6) is 0 Å². The summed E-state index contributed by atoms with van der Waals surface area (Å²) in [5.74, 6) is 0. The maximum atomic E-state index is 9.45. The van der Waals surface area contributed by atoms with Crippen molar-refractivity contribution in [3.05, 3.63) is 0 Å². The van der Waals surface area contributed by atoms with E-state index >= 15 is 0 Å². The van der Waals surface area contributed by atoms with Crippen molar-refractivity contribution in [1.82, 2.24) is 14.0 Å². The van der Waals surface area contributed by atoms with Crippen molar-refractivity contribution in [1.29, 1.82) is 0 Å². The predicted octanol–water partition coefficient (Wildman–Crippen LogP) is 3.99. The molecule has 0 saturated carbocycles. The van der Waals surface area contributed by atoms with Crippen molar-refractivity contribution in [2.75, 3.05) is 54.5 Å². The molecule has 0 unspecified atom stereocenters. The second kappa shape index (κ2) is 16.9. The van der Waals surface area contributed by atoms with Crippen LogP contribution in [0.3, 0.4) is 0 Å². The Morgan fingerprint density at radius 2 is 1.11 bits per heavy atom. The summed E-state index contributed by atoms with van der Waals surface area (Å²) in [5.41, 5.74) is 0. The minimum absolute atomic E-state index is 0.0914. The topological polar surface area (TPSA) is 85.4 Å².